The zero-order valence-corrected chi connectivity index (χ0v) is 15.8. The van der Waals surface area contributed by atoms with Crippen LogP contribution in [0.15, 0.2) is 47.5 Å². The minimum Gasteiger partial charge on any atom is -0.494 e. The Morgan fingerprint density at radius 2 is 2.00 bits per heavy atom. The fourth-order valence-electron chi connectivity index (χ4n) is 3.68. The highest BCUT2D eigenvalue weighted by atomic mass is 16.5. The normalized spacial score (nSPS) is 20.2. The maximum absolute atomic E-state index is 10.0. The molecule has 1 aromatic heterocycles. The molecular formula is C21H23N5O2. The summed E-state index contributed by atoms with van der Waals surface area (Å²) in [5.74, 6) is 2.03. The molecule has 0 amide bonds. The number of nitrogen functional groups attached to an aromatic ring is 1. The van der Waals surface area contributed by atoms with Gasteiger partial charge in [-0.05, 0) is 42.5 Å². The summed E-state index contributed by atoms with van der Waals surface area (Å²) >= 11 is 0. The van der Waals surface area contributed by atoms with Gasteiger partial charge in [0.15, 0.2) is 5.82 Å². The van der Waals surface area contributed by atoms with Crippen molar-refractivity contribution in [1.82, 2.24) is 9.97 Å². The summed E-state index contributed by atoms with van der Waals surface area (Å²) in [5.41, 5.74) is 14.9. The minimum atomic E-state index is -0.520. The highest BCUT2D eigenvalue weighted by Crippen LogP contribution is 2.49. The van der Waals surface area contributed by atoms with Crippen molar-refractivity contribution in [2.45, 2.75) is 25.4 Å². The number of anilines is 1. The molecule has 4 rings (SSSR count). The zero-order valence-electron chi connectivity index (χ0n) is 15.8. The van der Waals surface area contributed by atoms with Crippen LogP contribution in [0.3, 0.4) is 0 Å². The Labute approximate surface area is 163 Å². The van der Waals surface area contributed by atoms with Crippen LogP contribution in [-0.2, 0) is 0 Å². The van der Waals surface area contributed by atoms with Gasteiger partial charge in [0.1, 0.15) is 17.1 Å². The molecule has 2 aromatic carbocycles. The van der Waals surface area contributed by atoms with E-state index in [1.807, 2.05) is 42.5 Å². The first-order valence-electron chi connectivity index (χ1n) is 9.20. The number of hydrogen-bond acceptors (Lipinski definition) is 6. The van der Waals surface area contributed by atoms with Crippen molar-refractivity contribution in [3.63, 3.8) is 0 Å². The number of amidine groups is 1. The Balaban J connectivity index is 1.68. The number of aromatic nitrogens is 2. The molecule has 0 bridgehead atoms. The third-order valence-electron chi connectivity index (χ3n) is 5.16. The van der Waals surface area contributed by atoms with Crippen molar-refractivity contribution < 1.29 is 9.84 Å². The van der Waals surface area contributed by atoms with E-state index >= 15 is 0 Å². The Bertz CT molecular complexity index is 1060. The minimum absolute atomic E-state index is 0.108. The van der Waals surface area contributed by atoms with Gasteiger partial charge in [0.2, 0.25) is 5.95 Å². The van der Waals surface area contributed by atoms with E-state index in [1.165, 1.54) is 0 Å². The molecule has 2 unspecified atom stereocenters. The maximum Gasteiger partial charge on any atom is 0.222 e. The third kappa shape index (κ3) is 3.25. The van der Waals surface area contributed by atoms with E-state index < -0.39 is 6.10 Å². The van der Waals surface area contributed by atoms with Gasteiger partial charge in [0, 0.05) is 11.3 Å². The van der Waals surface area contributed by atoms with Crippen LogP contribution in [0.2, 0.25) is 0 Å². The number of rotatable bonds is 5. The van der Waals surface area contributed by atoms with Gasteiger partial charge in [-0.15, -0.1) is 0 Å². The number of hydrogen-bond donors (Lipinski definition) is 3. The molecule has 1 aliphatic rings. The molecule has 0 saturated heterocycles. The first-order chi connectivity index (χ1) is 13.5. The molecule has 1 aliphatic carbocycles. The van der Waals surface area contributed by atoms with Crippen LogP contribution in [0, 0.1) is 5.92 Å². The Hall–Kier alpha value is -3.19. The van der Waals surface area contributed by atoms with Gasteiger partial charge in [-0.3, -0.25) is 0 Å². The summed E-state index contributed by atoms with van der Waals surface area (Å²) < 4.78 is 5.36. The van der Waals surface area contributed by atoms with Gasteiger partial charge in [-0.2, -0.15) is 4.98 Å². The summed E-state index contributed by atoms with van der Waals surface area (Å²) in [7, 11) is 1.58. The second-order valence-electron chi connectivity index (χ2n) is 7.05. The zero-order chi connectivity index (χ0) is 19.8. The lowest BCUT2D eigenvalue weighted by molar-refractivity contribution is 0.198. The van der Waals surface area contributed by atoms with Gasteiger partial charge >= 0.3 is 0 Å². The molecule has 1 fully saturated rings. The summed E-state index contributed by atoms with van der Waals surface area (Å²) in [6.07, 6.45) is 0.370. The molecule has 28 heavy (non-hydrogen) atoms. The van der Waals surface area contributed by atoms with Crippen molar-refractivity contribution >= 4 is 28.5 Å². The SMILES string of the molecule is COc1cccc2c(N=C(N)C3CC3c3ccccc3[C@@H](C)O)nc(N)nc12. The lowest BCUT2D eigenvalue weighted by Gasteiger charge is -2.11. The summed E-state index contributed by atoms with van der Waals surface area (Å²) in [6, 6.07) is 13.5. The third-order valence-corrected chi connectivity index (χ3v) is 5.16. The average Bonchev–Trinajstić information content (AvgIpc) is 3.48. The van der Waals surface area contributed by atoms with E-state index in [9.17, 15) is 5.11 Å². The van der Waals surface area contributed by atoms with Gasteiger partial charge < -0.3 is 21.3 Å². The summed E-state index contributed by atoms with van der Waals surface area (Å²) in [6.45, 7) is 1.77. The number of aliphatic hydroxyl groups excluding tert-OH is 1. The van der Waals surface area contributed by atoms with Crippen LogP contribution in [0.4, 0.5) is 11.8 Å². The van der Waals surface area contributed by atoms with Crippen LogP contribution in [0.1, 0.15) is 36.5 Å². The Morgan fingerprint density at radius 3 is 2.75 bits per heavy atom. The molecule has 5 N–H and O–H groups in total. The van der Waals surface area contributed by atoms with E-state index in [2.05, 4.69) is 15.0 Å². The summed E-state index contributed by atoms with van der Waals surface area (Å²) in [4.78, 5) is 13.1. The lowest BCUT2D eigenvalue weighted by atomic mass is 9.98. The van der Waals surface area contributed by atoms with Crippen molar-refractivity contribution in [3.05, 3.63) is 53.6 Å². The fraction of sp³-hybridized carbons (Fsp3) is 0.286. The number of para-hydroxylation sites is 1. The van der Waals surface area contributed by atoms with Crippen molar-refractivity contribution in [2.75, 3.05) is 12.8 Å². The number of aliphatic imine (C=N–C) groups is 1. The predicted molar refractivity (Wildman–Crippen MR) is 110 cm³/mol. The molecule has 0 spiro atoms. The second-order valence-corrected chi connectivity index (χ2v) is 7.05. The highest BCUT2D eigenvalue weighted by molar-refractivity contribution is 5.97. The van der Waals surface area contributed by atoms with Crippen LogP contribution in [0.5, 0.6) is 5.75 Å². The summed E-state index contributed by atoms with van der Waals surface area (Å²) in [5, 5.41) is 10.8. The van der Waals surface area contributed by atoms with E-state index in [0.29, 0.717) is 22.9 Å². The number of benzene rings is 2. The van der Waals surface area contributed by atoms with E-state index in [4.69, 9.17) is 16.2 Å². The molecule has 0 aliphatic heterocycles. The van der Waals surface area contributed by atoms with Crippen molar-refractivity contribution in [2.24, 2.45) is 16.6 Å². The first kappa shape index (κ1) is 18.2. The molecule has 0 radical (unpaired) electrons. The Kier molecular flexibility index (Phi) is 4.60. The number of ether oxygens (including phenoxy) is 1. The van der Waals surface area contributed by atoms with Crippen LogP contribution in [-0.4, -0.2) is 28.0 Å². The maximum atomic E-state index is 10.0. The predicted octanol–water partition coefficient (Wildman–Crippen LogP) is 3.07. The van der Waals surface area contributed by atoms with Gasteiger partial charge in [-0.1, -0.05) is 30.3 Å². The lowest BCUT2D eigenvalue weighted by Crippen LogP contribution is -2.15. The highest BCUT2D eigenvalue weighted by Gasteiger charge is 2.42. The number of nitrogens with two attached hydrogens (primary N) is 2. The fourth-order valence-corrected chi connectivity index (χ4v) is 3.68. The largest absolute Gasteiger partial charge is 0.494 e. The van der Waals surface area contributed by atoms with Gasteiger partial charge in [0.05, 0.1) is 13.2 Å². The molecule has 1 heterocycles. The quantitative estimate of drug-likeness (QED) is 0.464. The number of methoxy groups -OCH3 is 1. The average molecular weight is 377 g/mol. The molecular weight excluding hydrogens is 354 g/mol. The topological polar surface area (TPSA) is 120 Å². The first-order valence-corrected chi connectivity index (χ1v) is 9.20. The number of aliphatic hydroxyl groups is 1. The monoisotopic (exact) mass is 377 g/mol. The van der Waals surface area contributed by atoms with Gasteiger partial charge in [-0.25, -0.2) is 9.98 Å². The standard InChI is InChI=1S/C21H23N5O2/c1-11(27)12-6-3-4-7-13(12)15-10-16(15)19(22)25-20-14-8-5-9-17(28-2)18(14)24-21(23)26-20/h3-9,11,15-16,27H,10H2,1-2H3,(H4,22,23,24,25,26)/t11-,15?,16?/m1/s1. The molecule has 7 heteroatoms. The Morgan fingerprint density at radius 1 is 1.21 bits per heavy atom. The van der Waals surface area contributed by atoms with Crippen LogP contribution in [0.25, 0.3) is 10.9 Å². The molecule has 1 saturated carbocycles. The smallest absolute Gasteiger partial charge is 0.222 e. The molecule has 7 nitrogen and oxygen atoms in total. The number of fused-ring (bicyclic) bond motifs is 1. The van der Waals surface area contributed by atoms with Crippen molar-refractivity contribution in [3.8, 4) is 5.75 Å². The van der Waals surface area contributed by atoms with E-state index in [1.54, 1.807) is 14.0 Å². The second kappa shape index (κ2) is 7.09. The molecule has 3 aromatic rings. The van der Waals surface area contributed by atoms with Crippen LogP contribution < -0.4 is 16.2 Å². The molecule has 3 atom stereocenters. The van der Waals surface area contributed by atoms with Crippen molar-refractivity contribution in [1.29, 1.82) is 0 Å². The van der Waals surface area contributed by atoms with E-state index in [0.717, 1.165) is 22.9 Å². The number of nitrogens with zero attached hydrogens (tertiary/aromatic N) is 3. The van der Waals surface area contributed by atoms with E-state index in [-0.39, 0.29) is 17.8 Å². The molecule has 144 valence electrons. The van der Waals surface area contributed by atoms with Gasteiger partial charge in [0.25, 0.3) is 0 Å². The van der Waals surface area contributed by atoms with Crippen LogP contribution >= 0.6 is 0 Å².